The second kappa shape index (κ2) is 6.22. The van der Waals surface area contributed by atoms with Crippen LogP contribution < -0.4 is 10.3 Å². The molecule has 0 aliphatic rings. The molecule has 0 saturated heterocycles. The van der Waals surface area contributed by atoms with E-state index in [4.69, 9.17) is 4.42 Å². The minimum Gasteiger partial charge on any atom is -0.414 e. The number of carbonyl (C=O) groups excluding carboxylic acids is 1. The van der Waals surface area contributed by atoms with Crippen molar-refractivity contribution in [2.45, 2.75) is 13.8 Å². The molecule has 1 aromatic heterocycles. The minimum absolute atomic E-state index is 0.216. The van der Waals surface area contributed by atoms with Gasteiger partial charge in [-0.2, -0.15) is 0 Å². The molecular weight excluding hydrogens is 310 g/mol. The first-order chi connectivity index (χ1) is 11.0. The second-order valence-corrected chi connectivity index (χ2v) is 6.17. The van der Waals surface area contributed by atoms with E-state index in [1.165, 1.54) is 6.08 Å². The van der Waals surface area contributed by atoms with Gasteiger partial charge in [0.1, 0.15) is 0 Å². The first kappa shape index (κ1) is 15.2. The van der Waals surface area contributed by atoms with Crippen LogP contribution in [0.4, 0.5) is 5.69 Å². The molecule has 4 nitrogen and oxygen atoms in total. The molecule has 1 heterocycles. The highest BCUT2D eigenvalue weighted by molar-refractivity contribution is 7.16. The van der Waals surface area contributed by atoms with E-state index in [0.29, 0.717) is 11.3 Å². The lowest BCUT2D eigenvalue weighted by atomic mass is 10.1. The summed E-state index contributed by atoms with van der Waals surface area (Å²) in [7, 11) is 0. The Bertz CT molecular complexity index is 952. The van der Waals surface area contributed by atoms with E-state index in [0.717, 1.165) is 32.7 Å². The predicted octanol–water partition coefficient (Wildman–Crippen LogP) is 4.12. The smallest absolute Gasteiger partial charge is 0.396 e. The average molecular weight is 325 g/mol. The average Bonchev–Trinajstić information content (AvgIpc) is 2.92. The molecular formula is C18H15NO3S. The quantitative estimate of drug-likeness (QED) is 0.737. The summed E-state index contributed by atoms with van der Waals surface area (Å²) >= 11 is 1.03. The molecule has 0 radical (unpaired) electrons. The van der Waals surface area contributed by atoms with E-state index < -0.39 is 0 Å². The molecule has 23 heavy (non-hydrogen) atoms. The summed E-state index contributed by atoms with van der Waals surface area (Å²) in [4.78, 5) is 23.2. The summed E-state index contributed by atoms with van der Waals surface area (Å²) < 4.78 is 5.92. The molecule has 0 fully saturated rings. The largest absolute Gasteiger partial charge is 0.414 e. The maximum Gasteiger partial charge on any atom is 0.396 e. The van der Waals surface area contributed by atoms with Crippen LogP contribution in [0, 0.1) is 13.8 Å². The van der Waals surface area contributed by atoms with E-state index in [1.54, 1.807) is 12.1 Å². The molecule has 116 valence electrons. The van der Waals surface area contributed by atoms with Gasteiger partial charge in [0.15, 0.2) is 5.58 Å². The summed E-state index contributed by atoms with van der Waals surface area (Å²) in [5.41, 5.74) is 3.99. The van der Waals surface area contributed by atoms with Crippen LogP contribution in [0.1, 0.15) is 16.7 Å². The van der Waals surface area contributed by atoms with Crippen molar-refractivity contribution in [3.8, 4) is 0 Å². The monoisotopic (exact) mass is 325 g/mol. The zero-order chi connectivity index (χ0) is 16.4. The second-order valence-electron chi connectivity index (χ2n) is 5.19. The van der Waals surface area contributed by atoms with E-state index in [2.05, 4.69) is 5.32 Å². The van der Waals surface area contributed by atoms with Gasteiger partial charge in [-0.3, -0.25) is 4.79 Å². The standard InChI is InChI=1S/C18H15NO3S/c1-11-12(2)17-15(23-18(21)22-17)10-14(11)19-16(20)9-8-13-6-4-3-5-7-13/h3-10H,1-2H3,(H,19,20). The van der Waals surface area contributed by atoms with Crippen molar-refractivity contribution < 1.29 is 9.21 Å². The third-order valence-corrected chi connectivity index (χ3v) is 4.44. The number of aryl methyl sites for hydroxylation is 1. The normalized spacial score (nSPS) is 11.2. The molecule has 3 aromatic rings. The van der Waals surface area contributed by atoms with Gasteiger partial charge in [0.25, 0.3) is 0 Å². The van der Waals surface area contributed by atoms with Crippen LogP contribution in [-0.2, 0) is 4.79 Å². The highest BCUT2D eigenvalue weighted by Gasteiger charge is 2.12. The van der Waals surface area contributed by atoms with Crippen molar-refractivity contribution in [1.29, 1.82) is 0 Å². The molecule has 5 heteroatoms. The number of benzene rings is 2. The number of anilines is 1. The Kier molecular flexibility index (Phi) is 4.12. The fraction of sp³-hybridized carbons (Fsp3) is 0.111. The highest BCUT2D eigenvalue weighted by Crippen LogP contribution is 2.29. The molecule has 1 amide bonds. The van der Waals surface area contributed by atoms with Gasteiger partial charge in [-0.25, -0.2) is 4.79 Å². The Morgan fingerprint density at radius 2 is 1.91 bits per heavy atom. The number of hydrogen-bond acceptors (Lipinski definition) is 4. The lowest BCUT2D eigenvalue weighted by molar-refractivity contribution is -0.111. The Morgan fingerprint density at radius 3 is 2.65 bits per heavy atom. The van der Waals surface area contributed by atoms with Crippen LogP contribution in [0.5, 0.6) is 0 Å². The van der Waals surface area contributed by atoms with Crippen molar-refractivity contribution >= 4 is 39.3 Å². The van der Waals surface area contributed by atoms with Crippen molar-refractivity contribution in [3.05, 3.63) is 68.9 Å². The molecule has 0 aliphatic heterocycles. The molecule has 0 spiro atoms. The molecule has 0 saturated carbocycles. The summed E-state index contributed by atoms with van der Waals surface area (Å²) in [5.74, 6) is -0.216. The van der Waals surface area contributed by atoms with Gasteiger partial charge in [-0.05, 0) is 42.7 Å². The van der Waals surface area contributed by atoms with Gasteiger partial charge >= 0.3 is 4.94 Å². The lowest BCUT2D eigenvalue weighted by Crippen LogP contribution is -2.09. The number of amides is 1. The Labute approximate surface area is 137 Å². The third kappa shape index (κ3) is 3.24. The summed E-state index contributed by atoms with van der Waals surface area (Å²) in [6.07, 6.45) is 3.25. The number of carbonyl (C=O) groups is 1. The molecule has 0 unspecified atom stereocenters. The van der Waals surface area contributed by atoms with Gasteiger partial charge in [0.2, 0.25) is 5.91 Å². The highest BCUT2D eigenvalue weighted by atomic mass is 32.1. The van der Waals surface area contributed by atoms with Crippen molar-refractivity contribution in [2.24, 2.45) is 0 Å². The molecule has 1 N–H and O–H groups in total. The SMILES string of the molecule is Cc1c(NC(=O)C=Cc2ccccc2)cc2sc(=O)oc2c1C. The zero-order valence-electron chi connectivity index (χ0n) is 12.8. The maximum absolute atomic E-state index is 12.1. The summed E-state index contributed by atoms with van der Waals surface area (Å²) in [5, 5.41) is 2.86. The van der Waals surface area contributed by atoms with Gasteiger partial charge in [-0.1, -0.05) is 41.7 Å². The van der Waals surface area contributed by atoms with Crippen molar-refractivity contribution in [3.63, 3.8) is 0 Å². The zero-order valence-corrected chi connectivity index (χ0v) is 13.6. The Morgan fingerprint density at radius 1 is 1.17 bits per heavy atom. The van der Waals surface area contributed by atoms with Crippen LogP contribution in [0.3, 0.4) is 0 Å². The van der Waals surface area contributed by atoms with Gasteiger partial charge in [0, 0.05) is 11.8 Å². The minimum atomic E-state index is -0.338. The van der Waals surface area contributed by atoms with Crippen LogP contribution in [0.25, 0.3) is 16.4 Å². The summed E-state index contributed by atoms with van der Waals surface area (Å²) in [6, 6.07) is 11.4. The van der Waals surface area contributed by atoms with E-state index in [1.807, 2.05) is 44.2 Å². The maximum atomic E-state index is 12.1. The lowest BCUT2D eigenvalue weighted by Gasteiger charge is -2.09. The molecule has 0 atom stereocenters. The van der Waals surface area contributed by atoms with Crippen LogP contribution in [0.2, 0.25) is 0 Å². The molecule has 0 bridgehead atoms. The number of nitrogens with one attached hydrogen (secondary N) is 1. The first-order valence-corrected chi connectivity index (χ1v) is 7.94. The molecule has 3 rings (SSSR count). The first-order valence-electron chi connectivity index (χ1n) is 7.12. The Hall–Kier alpha value is -2.66. The van der Waals surface area contributed by atoms with E-state index >= 15 is 0 Å². The fourth-order valence-electron chi connectivity index (χ4n) is 2.30. The van der Waals surface area contributed by atoms with E-state index in [-0.39, 0.29) is 10.8 Å². The van der Waals surface area contributed by atoms with E-state index in [9.17, 15) is 9.59 Å². The molecule has 0 aliphatic carbocycles. The van der Waals surface area contributed by atoms with Crippen molar-refractivity contribution in [2.75, 3.05) is 5.32 Å². The fourth-order valence-corrected chi connectivity index (χ4v) is 3.07. The number of hydrogen-bond donors (Lipinski definition) is 1. The van der Waals surface area contributed by atoms with Crippen molar-refractivity contribution in [1.82, 2.24) is 0 Å². The van der Waals surface area contributed by atoms with Crippen LogP contribution in [-0.4, -0.2) is 5.91 Å². The summed E-state index contributed by atoms with van der Waals surface area (Å²) in [6.45, 7) is 3.77. The van der Waals surface area contributed by atoms with Crippen LogP contribution in [0.15, 0.2) is 51.7 Å². The molecule has 2 aromatic carbocycles. The predicted molar refractivity (Wildman–Crippen MR) is 93.9 cm³/mol. The van der Waals surface area contributed by atoms with Gasteiger partial charge in [-0.15, -0.1) is 0 Å². The third-order valence-electron chi connectivity index (χ3n) is 3.67. The topological polar surface area (TPSA) is 59.3 Å². The van der Waals surface area contributed by atoms with Gasteiger partial charge < -0.3 is 9.73 Å². The van der Waals surface area contributed by atoms with Gasteiger partial charge in [0.05, 0.1) is 4.70 Å². The number of rotatable bonds is 3. The Balaban J connectivity index is 1.86. The van der Waals surface area contributed by atoms with Crippen LogP contribution >= 0.6 is 11.3 Å². The number of fused-ring (bicyclic) bond motifs is 1.